The number of hydrogen-bond donors (Lipinski definition) is 1. The summed E-state index contributed by atoms with van der Waals surface area (Å²) in [6.45, 7) is 0. The van der Waals surface area contributed by atoms with Crippen LogP contribution in [-0.4, -0.2) is 0 Å². The molecule has 0 bridgehead atoms. The number of benzene rings is 2. The highest BCUT2D eigenvalue weighted by molar-refractivity contribution is 5.69. The lowest BCUT2D eigenvalue weighted by Gasteiger charge is -2.07. The fourth-order valence-electron chi connectivity index (χ4n) is 1.48. The molecular formula is C12H8F3N. The molecule has 2 rings (SSSR count). The minimum Gasteiger partial charge on any atom is -0.396 e. The van der Waals surface area contributed by atoms with Crippen LogP contribution in [0.5, 0.6) is 0 Å². The van der Waals surface area contributed by atoms with Crippen molar-refractivity contribution in [3.63, 3.8) is 0 Å². The third kappa shape index (κ3) is 1.74. The van der Waals surface area contributed by atoms with Crippen LogP contribution < -0.4 is 5.73 Å². The average molecular weight is 223 g/mol. The molecule has 0 fully saturated rings. The van der Waals surface area contributed by atoms with Crippen LogP contribution in [-0.2, 0) is 0 Å². The first-order valence-corrected chi connectivity index (χ1v) is 4.59. The van der Waals surface area contributed by atoms with Crippen molar-refractivity contribution in [3.8, 4) is 11.1 Å². The summed E-state index contributed by atoms with van der Waals surface area (Å²) in [6, 6.07) is 7.25. The Hall–Kier alpha value is -1.97. The molecule has 0 spiro atoms. The zero-order valence-electron chi connectivity index (χ0n) is 8.18. The van der Waals surface area contributed by atoms with Gasteiger partial charge in [0.25, 0.3) is 0 Å². The molecule has 2 N–H and O–H groups in total. The summed E-state index contributed by atoms with van der Waals surface area (Å²) in [4.78, 5) is 0. The number of nitrogens with two attached hydrogens (primary N) is 1. The fraction of sp³-hybridized carbons (Fsp3) is 0. The van der Waals surface area contributed by atoms with Gasteiger partial charge in [0, 0.05) is 0 Å². The van der Waals surface area contributed by atoms with Gasteiger partial charge in [-0.15, -0.1) is 0 Å². The summed E-state index contributed by atoms with van der Waals surface area (Å²) in [5.41, 5.74) is 4.98. The maximum atomic E-state index is 13.6. The minimum absolute atomic E-state index is 0.127. The molecule has 2 aromatic carbocycles. The number of nitrogen functional groups attached to an aromatic ring is 1. The first kappa shape index (κ1) is 10.5. The molecule has 0 aromatic heterocycles. The topological polar surface area (TPSA) is 26.0 Å². The van der Waals surface area contributed by atoms with E-state index in [1.807, 2.05) is 0 Å². The minimum atomic E-state index is -0.870. The second-order valence-electron chi connectivity index (χ2n) is 3.34. The highest BCUT2D eigenvalue weighted by Gasteiger charge is 2.14. The molecule has 82 valence electrons. The van der Waals surface area contributed by atoms with Gasteiger partial charge in [0.1, 0.15) is 11.6 Å². The van der Waals surface area contributed by atoms with Crippen molar-refractivity contribution >= 4 is 5.69 Å². The molecular weight excluding hydrogens is 215 g/mol. The lowest BCUT2D eigenvalue weighted by molar-refractivity contribution is 0.591. The predicted molar refractivity (Wildman–Crippen MR) is 56.2 cm³/mol. The van der Waals surface area contributed by atoms with Crippen molar-refractivity contribution in [1.29, 1.82) is 0 Å². The second kappa shape index (κ2) is 3.89. The molecule has 0 saturated carbocycles. The van der Waals surface area contributed by atoms with E-state index in [-0.39, 0.29) is 16.8 Å². The molecule has 0 heterocycles. The van der Waals surface area contributed by atoms with Crippen molar-refractivity contribution < 1.29 is 13.2 Å². The van der Waals surface area contributed by atoms with Gasteiger partial charge in [-0.2, -0.15) is 0 Å². The van der Waals surface area contributed by atoms with E-state index in [1.165, 1.54) is 18.2 Å². The van der Waals surface area contributed by atoms with E-state index in [0.717, 1.165) is 18.2 Å². The molecule has 0 amide bonds. The maximum absolute atomic E-state index is 13.6. The predicted octanol–water partition coefficient (Wildman–Crippen LogP) is 3.35. The molecule has 0 atom stereocenters. The Morgan fingerprint density at radius 3 is 2.38 bits per heavy atom. The summed E-state index contributed by atoms with van der Waals surface area (Å²) < 4.78 is 40.0. The lowest BCUT2D eigenvalue weighted by atomic mass is 10.0. The summed E-state index contributed by atoms with van der Waals surface area (Å²) in [6.07, 6.45) is 0. The van der Waals surface area contributed by atoms with E-state index in [2.05, 4.69) is 0 Å². The number of hydrogen-bond acceptors (Lipinski definition) is 1. The first-order valence-electron chi connectivity index (χ1n) is 4.59. The zero-order valence-corrected chi connectivity index (χ0v) is 8.18. The smallest absolute Gasteiger partial charge is 0.156 e. The van der Waals surface area contributed by atoms with Gasteiger partial charge in [0.2, 0.25) is 0 Å². The highest BCUT2D eigenvalue weighted by atomic mass is 19.1. The number of rotatable bonds is 1. The van der Waals surface area contributed by atoms with Crippen LogP contribution in [0.25, 0.3) is 11.1 Å². The van der Waals surface area contributed by atoms with Gasteiger partial charge < -0.3 is 5.73 Å². The van der Waals surface area contributed by atoms with Gasteiger partial charge in [-0.3, -0.25) is 0 Å². The van der Waals surface area contributed by atoms with E-state index in [1.54, 1.807) is 0 Å². The lowest BCUT2D eigenvalue weighted by Crippen LogP contribution is -1.96. The van der Waals surface area contributed by atoms with Crippen LogP contribution in [0.15, 0.2) is 36.4 Å². The summed E-state index contributed by atoms with van der Waals surface area (Å²) in [5, 5.41) is 0. The first-order chi connectivity index (χ1) is 7.59. The summed E-state index contributed by atoms with van der Waals surface area (Å²) in [7, 11) is 0. The van der Waals surface area contributed by atoms with Crippen molar-refractivity contribution in [2.24, 2.45) is 0 Å². The Morgan fingerprint density at radius 1 is 0.938 bits per heavy atom. The monoisotopic (exact) mass is 223 g/mol. The summed E-state index contributed by atoms with van der Waals surface area (Å²) in [5.74, 6) is -2.19. The Bertz CT molecular complexity index is 538. The van der Waals surface area contributed by atoms with Crippen molar-refractivity contribution in [2.45, 2.75) is 0 Å². The zero-order chi connectivity index (χ0) is 11.7. The quantitative estimate of drug-likeness (QED) is 0.737. The summed E-state index contributed by atoms with van der Waals surface area (Å²) >= 11 is 0. The molecule has 16 heavy (non-hydrogen) atoms. The Kier molecular flexibility index (Phi) is 2.56. The normalized spacial score (nSPS) is 10.4. The van der Waals surface area contributed by atoms with Gasteiger partial charge in [-0.05, 0) is 29.8 Å². The third-order valence-electron chi connectivity index (χ3n) is 2.23. The number of anilines is 1. The SMILES string of the molecule is Nc1ccc(F)c(-c2cccc(F)c2)c1F. The Balaban J connectivity index is 2.68. The van der Waals surface area contributed by atoms with Crippen LogP contribution in [0, 0.1) is 17.5 Å². The van der Waals surface area contributed by atoms with Crippen molar-refractivity contribution in [2.75, 3.05) is 5.73 Å². The van der Waals surface area contributed by atoms with Gasteiger partial charge in [0.05, 0.1) is 11.3 Å². The van der Waals surface area contributed by atoms with Gasteiger partial charge in [0.15, 0.2) is 5.82 Å². The second-order valence-corrected chi connectivity index (χ2v) is 3.34. The van der Waals surface area contributed by atoms with E-state index in [9.17, 15) is 13.2 Å². The molecule has 4 heteroatoms. The van der Waals surface area contributed by atoms with Crippen LogP contribution in [0.2, 0.25) is 0 Å². The molecule has 0 aliphatic heterocycles. The van der Waals surface area contributed by atoms with Crippen molar-refractivity contribution in [3.05, 3.63) is 53.8 Å². The van der Waals surface area contributed by atoms with Crippen LogP contribution in [0.4, 0.5) is 18.9 Å². The Morgan fingerprint density at radius 2 is 1.69 bits per heavy atom. The number of halogens is 3. The van der Waals surface area contributed by atoms with Crippen LogP contribution >= 0.6 is 0 Å². The molecule has 0 aliphatic carbocycles. The average Bonchev–Trinajstić information content (AvgIpc) is 2.24. The molecule has 0 aliphatic rings. The van der Waals surface area contributed by atoms with E-state index in [4.69, 9.17) is 5.73 Å². The van der Waals surface area contributed by atoms with Crippen LogP contribution in [0.1, 0.15) is 0 Å². The third-order valence-corrected chi connectivity index (χ3v) is 2.23. The fourth-order valence-corrected chi connectivity index (χ4v) is 1.48. The van der Waals surface area contributed by atoms with E-state index >= 15 is 0 Å². The molecule has 2 aromatic rings. The van der Waals surface area contributed by atoms with Gasteiger partial charge in [-0.1, -0.05) is 12.1 Å². The highest BCUT2D eigenvalue weighted by Crippen LogP contribution is 2.29. The maximum Gasteiger partial charge on any atom is 0.156 e. The molecule has 0 radical (unpaired) electrons. The molecule has 1 nitrogen and oxygen atoms in total. The van der Waals surface area contributed by atoms with E-state index < -0.39 is 17.5 Å². The van der Waals surface area contributed by atoms with Gasteiger partial charge in [-0.25, -0.2) is 13.2 Å². The van der Waals surface area contributed by atoms with Gasteiger partial charge >= 0.3 is 0 Å². The Labute approximate surface area is 90.3 Å². The van der Waals surface area contributed by atoms with Crippen LogP contribution in [0.3, 0.4) is 0 Å². The largest absolute Gasteiger partial charge is 0.396 e. The van der Waals surface area contributed by atoms with E-state index in [0.29, 0.717) is 0 Å². The standard InChI is InChI=1S/C12H8F3N/c13-8-3-1-2-7(6-8)11-9(14)4-5-10(16)12(11)15/h1-6H,16H2. The molecule has 0 saturated heterocycles. The molecule has 0 unspecified atom stereocenters. The van der Waals surface area contributed by atoms with Crippen molar-refractivity contribution in [1.82, 2.24) is 0 Å².